The predicted molar refractivity (Wildman–Crippen MR) is 147 cm³/mol. The molecule has 0 saturated heterocycles. The molecule has 218 valence electrons. The van der Waals surface area contributed by atoms with Gasteiger partial charge in [0.25, 0.3) is 0 Å². The molecule has 2 aromatic heterocycles. The van der Waals surface area contributed by atoms with Crippen LogP contribution in [0.1, 0.15) is 35.5 Å². The van der Waals surface area contributed by atoms with Crippen LogP contribution in [0.4, 0.5) is 33.5 Å². The standard InChI is InChI=1S/C27H24F2N6.C2HF3O2/c1-3-15-7-10-22(29)21(11-15)24(23-14-17-13-19(30)8-9-20(17)25(31)32-23)27-33-26(34-35(27)2)16-5-4-6-18(28)12-16;3-2(4,5)1(6)7/h4-14,24H,3,30H2,1-2H3,(H2,31,32);(H,6,7). The third-order valence-electron chi connectivity index (χ3n) is 6.36. The van der Waals surface area contributed by atoms with E-state index < -0.39 is 29.7 Å². The van der Waals surface area contributed by atoms with Gasteiger partial charge >= 0.3 is 12.1 Å². The minimum absolute atomic E-state index is 0.307. The molecule has 1 atom stereocenters. The third kappa shape index (κ3) is 6.45. The van der Waals surface area contributed by atoms with Crippen molar-refractivity contribution in [3.05, 3.63) is 101 Å². The number of carbonyl (C=O) groups is 1. The van der Waals surface area contributed by atoms with Crippen LogP contribution in [-0.2, 0) is 18.3 Å². The van der Waals surface area contributed by atoms with Crippen molar-refractivity contribution in [1.82, 2.24) is 19.7 Å². The normalized spacial score (nSPS) is 12.1. The number of carboxylic acids is 1. The van der Waals surface area contributed by atoms with E-state index in [0.717, 1.165) is 22.8 Å². The number of aliphatic carboxylic acids is 1. The number of fused-ring (bicyclic) bond motifs is 1. The lowest BCUT2D eigenvalue weighted by Gasteiger charge is -2.19. The summed E-state index contributed by atoms with van der Waals surface area (Å²) in [5.74, 6) is -3.17. The van der Waals surface area contributed by atoms with Gasteiger partial charge in [0.1, 0.15) is 23.3 Å². The first-order chi connectivity index (χ1) is 19.8. The Morgan fingerprint density at radius 2 is 1.71 bits per heavy atom. The number of nitrogens with two attached hydrogens (primary N) is 2. The summed E-state index contributed by atoms with van der Waals surface area (Å²) in [7, 11) is 1.72. The Morgan fingerprint density at radius 3 is 2.36 bits per heavy atom. The molecule has 2 heterocycles. The Hall–Kier alpha value is -5.07. The van der Waals surface area contributed by atoms with Crippen LogP contribution in [0.5, 0.6) is 0 Å². The van der Waals surface area contributed by atoms with Gasteiger partial charge < -0.3 is 16.6 Å². The molecule has 13 heteroatoms. The SMILES string of the molecule is CCc1ccc(F)c(C(c2cc3cc(N)ccc3c(N)n2)c2nc(-c3cccc(F)c3)nn2C)c1.O=C(O)C(F)(F)F. The molecule has 5 N–H and O–H groups in total. The van der Waals surface area contributed by atoms with E-state index in [1.165, 1.54) is 18.2 Å². The first kappa shape index (κ1) is 29.9. The summed E-state index contributed by atoms with van der Waals surface area (Å²) < 4.78 is 62.5. The minimum atomic E-state index is -5.08. The molecule has 8 nitrogen and oxygen atoms in total. The lowest BCUT2D eigenvalue weighted by atomic mass is 9.91. The average molecular weight is 585 g/mol. The molecule has 0 aliphatic carbocycles. The Kier molecular flexibility index (Phi) is 8.41. The number of alkyl halides is 3. The molecule has 1 unspecified atom stereocenters. The smallest absolute Gasteiger partial charge is 0.475 e. The molecule has 0 saturated carbocycles. The number of carboxylic acid groups (broad SMARTS) is 1. The molecule has 5 aromatic rings. The summed E-state index contributed by atoms with van der Waals surface area (Å²) in [6.45, 7) is 2.01. The van der Waals surface area contributed by atoms with E-state index in [9.17, 15) is 17.6 Å². The molecule has 0 amide bonds. The van der Waals surface area contributed by atoms with Crippen LogP contribution in [0.3, 0.4) is 0 Å². The number of aromatic nitrogens is 4. The number of benzene rings is 3. The fourth-order valence-electron chi connectivity index (χ4n) is 4.34. The highest BCUT2D eigenvalue weighted by Gasteiger charge is 2.38. The summed E-state index contributed by atoms with van der Waals surface area (Å²) in [6, 6.07) is 18.3. The maximum Gasteiger partial charge on any atom is 0.490 e. The van der Waals surface area contributed by atoms with E-state index in [2.05, 4.69) is 10.1 Å². The van der Waals surface area contributed by atoms with Crippen molar-refractivity contribution >= 4 is 28.2 Å². The van der Waals surface area contributed by atoms with Crippen LogP contribution in [0.2, 0.25) is 0 Å². The van der Waals surface area contributed by atoms with E-state index in [1.807, 2.05) is 31.2 Å². The topological polar surface area (TPSA) is 133 Å². The summed E-state index contributed by atoms with van der Waals surface area (Å²) in [5, 5.41) is 13.2. The number of hydrogen-bond donors (Lipinski definition) is 3. The molecule has 42 heavy (non-hydrogen) atoms. The third-order valence-corrected chi connectivity index (χ3v) is 6.36. The zero-order chi connectivity index (χ0) is 30.8. The molecule has 0 fully saturated rings. The van der Waals surface area contributed by atoms with Crippen molar-refractivity contribution in [2.45, 2.75) is 25.4 Å². The van der Waals surface area contributed by atoms with Crippen LogP contribution in [0, 0.1) is 11.6 Å². The number of rotatable bonds is 5. The zero-order valence-electron chi connectivity index (χ0n) is 22.3. The number of pyridine rings is 1. The maximum atomic E-state index is 15.3. The van der Waals surface area contributed by atoms with E-state index in [-0.39, 0.29) is 0 Å². The van der Waals surface area contributed by atoms with Gasteiger partial charge in [0.2, 0.25) is 0 Å². The van der Waals surface area contributed by atoms with Crippen molar-refractivity contribution in [2.75, 3.05) is 11.5 Å². The molecule has 3 aromatic carbocycles. The number of hydrogen-bond acceptors (Lipinski definition) is 6. The highest BCUT2D eigenvalue weighted by Crippen LogP contribution is 2.36. The molecule has 0 aliphatic heterocycles. The molecule has 0 spiro atoms. The second-order valence-corrected chi connectivity index (χ2v) is 9.29. The lowest BCUT2D eigenvalue weighted by molar-refractivity contribution is -0.192. The number of aryl methyl sites for hydroxylation is 2. The monoisotopic (exact) mass is 584 g/mol. The van der Waals surface area contributed by atoms with E-state index >= 15 is 4.39 Å². The number of nitrogens with zero attached hydrogens (tertiary/aromatic N) is 4. The molecule has 5 rings (SSSR count). The van der Waals surface area contributed by atoms with Crippen molar-refractivity contribution in [3.63, 3.8) is 0 Å². The van der Waals surface area contributed by atoms with Gasteiger partial charge in [-0.15, -0.1) is 0 Å². The largest absolute Gasteiger partial charge is 0.490 e. The van der Waals surface area contributed by atoms with Gasteiger partial charge in [0.05, 0.1) is 11.6 Å². The van der Waals surface area contributed by atoms with Crippen molar-refractivity contribution in [3.8, 4) is 11.4 Å². The highest BCUT2D eigenvalue weighted by atomic mass is 19.4. The van der Waals surface area contributed by atoms with Crippen LogP contribution in [0.15, 0.2) is 66.7 Å². The lowest BCUT2D eigenvalue weighted by Crippen LogP contribution is -2.21. The number of anilines is 2. The Labute approximate surface area is 236 Å². The minimum Gasteiger partial charge on any atom is -0.475 e. The molecule has 0 aliphatic rings. The first-order valence-corrected chi connectivity index (χ1v) is 12.5. The van der Waals surface area contributed by atoms with Crippen LogP contribution in [-0.4, -0.2) is 37.0 Å². The molecular formula is C29H25F5N6O2. The maximum absolute atomic E-state index is 15.3. The van der Waals surface area contributed by atoms with Gasteiger partial charge in [-0.1, -0.05) is 31.2 Å². The van der Waals surface area contributed by atoms with E-state index in [4.69, 9.17) is 26.4 Å². The summed E-state index contributed by atoms with van der Waals surface area (Å²) in [6.07, 6.45) is -4.35. The van der Waals surface area contributed by atoms with Gasteiger partial charge in [-0.05, 0) is 59.8 Å². The first-order valence-electron chi connectivity index (χ1n) is 12.5. The second-order valence-electron chi connectivity index (χ2n) is 9.29. The molecule has 0 bridgehead atoms. The van der Waals surface area contributed by atoms with Crippen LogP contribution < -0.4 is 11.5 Å². The van der Waals surface area contributed by atoms with Gasteiger partial charge in [-0.2, -0.15) is 18.3 Å². The van der Waals surface area contributed by atoms with Crippen molar-refractivity contribution in [2.24, 2.45) is 7.05 Å². The summed E-state index contributed by atoms with van der Waals surface area (Å²) in [4.78, 5) is 18.3. The van der Waals surface area contributed by atoms with Gasteiger partial charge in [0.15, 0.2) is 5.82 Å². The summed E-state index contributed by atoms with van der Waals surface area (Å²) >= 11 is 0. The average Bonchev–Trinajstić information content (AvgIpc) is 3.30. The second kappa shape index (κ2) is 11.8. The fourth-order valence-corrected chi connectivity index (χ4v) is 4.34. The van der Waals surface area contributed by atoms with Gasteiger partial charge in [-0.25, -0.2) is 23.5 Å². The van der Waals surface area contributed by atoms with Gasteiger partial charge in [0, 0.05) is 29.2 Å². The van der Waals surface area contributed by atoms with Crippen LogP contribution in [0.25, 0.3) is 22.2 Å². The Morgan fingerprint density at radius 1 is 1.00 bits per heavy atom. The van der Waals surface area contributed by atoms with E-state index in [1.54, 1.807) is 36.0 Å². The molecule has 0 radical (unpaired) electrons. The predicted octanol–water partition coefficient (Wildman–Crippen LogP) is 5.85. The Bertz CT molecular complexity index is 1770. The van der Waals surface area contributed by atoms with Crippen LogP contribution >= 0.6 is 0 Å². The summed E-state index contributed by atoms with van der Waals surface area (Å²) in [5.41, 5.74) is 15.3. The highest BCUT2D eigenvalue weighted by molar-refractivity contribution is 5.93. The van der Waals surface area contributed by atoms with E-state index in [0.29, 0.717) is 40.0 Å². The van der Waals surface area contributed by atoms with Gasteiger partial charge in [-0.3, -0.25) is 4.68 Å². The van der Waals surface area contributed by atoms with Crippen molar-refractivity contribution < 1.29 is 31.9 Å². The van der Waals surface area contributed by atoms with Crippen molar-refractivity contribution in [1.29, 1.82) is 0 Å². The quantitative estimate of drug-likeness (QED) is 0.174. The zero-order valence-corrected chi connectivity index (χ0v) is 22.3. The fraction of sp³-hybridized carbons (Fsp3) is 0.172. The number of nitrogen functional groups attached to an aromatic ring is 2. The Balaban J connectivity index is 0.000000517. The number of halogens is 5. The molecular weight excluding hydrogens is 559 g/mol.